The first kappa shape index (κ1) is 15.6. The number of hydrogen-bond acceptors (Lipinski definition) is 5. The molecule has 23 heavy (non-hydrogen) atoms. The zero-order chi connectivity index (χ0) is 16.2. The molecule has 6 heteroatoms. The molecule has 3 heterocycles. The van der Waals surface area contributed by atoms with Gasteiger partial charge in [0.15, 0.2) is 5.76 Å². The molecule has 0 bridgehead atoms. The van der Waals surface area contributed by atoms with Crippen LogP contribution in [0.2, 0.25) is 0 Å². The number of pyridine rings is 1. The predicted octanol–water partition coefficient (Wildman–Crippen LogP) is 2.22. The molecule has 1 aliphatic heterocycles. The van der Waals surface area contributed by atoms with Crippen LogP contribution in [0.3, 0.4) is 0 Å². The highest BCUT2D eigenvalue weighted by molar-refractivity contribution is 5.91. The molecule has 6 nitrogen and oxygen atoms in total. The molecule has 1 amide bonds. The van der Waals surface area contributed by atoms with E-state index in [9.17, 15) is 4.79 Å². The van der Waals surface area contributed by atoms with Gasteiger partial charge in [-0.15, -0.1) is 0 Å². The molecule has 0 spiro atoms. The minimum Gasteiger partial charge on any atom is -0.459 e. The van der Waals surface area contributed by atoms with Crippen LogP contribution < -0.4 is 10.2 Å². The van der Waals surface area contributed by atoms with Crippen LogP contribution >= 0.6 is 0 Å². The second-order valence-electron chi connectivity index (χ2n) is 5.85. The Kier molecular flexibility index (Phi) is 4.62. The lowest BCUT2D eigenvalue weighted by Gasteiger charge is -2.36. The Morgan fingerprint density at radius 1 is 1.30 bits per heavy atom. The van der Waals surface area contributed by atoms with Gasteiger partial charge in [0.05, 0.1) is 18.5 Å². The Hall–Kier alpha value is -2.34. The van der Waals surface area contributed by atoms with E-state index in [1.54, 1.807) is 18.3 Å². The second kappa shape index (κ2) is 6.83. The van der Waals surface area contributed by atoms with Crippen LogP contribution in [0.25, 0.3) is 0 Å². The number of nitrogens with one attached hydrogen (secondary N) is 1. The molecular weight excluding hydrogens is 294 g/mol. The highest BCUT2D eigenvalue weighted by Gasteiger charge is 2.22. The molecule has 1 aliphatic rings. The Bertz CT molecular complexity index is 630. The molecule has 0 radical (unpaired) electrons. The third-order valence-corrected chi connectivity index (χ3v) is 3.75. The largest absolute Gasteiger partial charge is 0.459 e. The predicted molar refractivity (Wildman–Crippen MR) is 86.3 cm³/mol. The first-order valence-corrected chi connectivity index (χ1v) is 7.79. The van der Waals surface area contributed by atoms with Crippen molar-refractivity contribution in [3.05, 3.63) is 48.0 Å². The third-order valence-electron chi connectivity index (χ3n) is 3.75. The van der Waals surface area contributed by atoms with Crippen LogP contribution in [0.5, 0.6) is 0 Å². The van der Waals surface area contributed by atoms with Gasteiger partial charge >= 0.3 is 0 Å². The van der Waals surface area contributed by atoms with Crippen molar-refractivity contribution < 1.29 is 13.9 Å². The van der Waals surface area contributed by atoms with Crippen molar-refractivity contribution >= 4 is 11.7 Å². The van der Waals surface area contributed by atoms with Gasteiger partial charge in [0.2, 0.25) is 0 Å². The van der Waals surface area contributed by atoms with Crippen molar-refractivity contribution in [3.63, 3.8) is 0 Å². The minimum absolute atomic E-state index is 0.202. The summed E-state index contributed by atoms with van der Waals surface area (Å²) in [4.78, 5) is 18.6. The molecule has 122 valence electrons. The summed E-state index contributed by atoms with van der Waals surface area (Å²) in [5.41, 5.74) is 0.947. The number of rotatable bonds is 4. The van der Waals surface area contributed by atoms with Crippen molar-refractivity contribution in [2.45, 2.75) is 32.6 Å². The Labute approximate surface area is 135 Å². The highest BCUT2D eigenvalue weighted by atomic mass is 16.5. The summed E-state index contributed by atoms with van der Waals surface area (Å²) in [6.07, 6.45) is 3.68. The zero-order valence-electron chi connectivity index (χ0n) is 13.4. The van der Waals surface area contributed by atoms with Gasteiger partial charge in [-0.2, -0.15) is 0 Å². The molecule has 1 fully saturated rings. The summed E-state index contributed by atoms with van der Waals surface area (Å²) in [7, 11) is 0. The number of nitrogens with zero attached hydrogens (tertiary/aromatic N) is 2. The molecule has 0 aromatic carbocycles. The number of carbonyl (C=O) groups is 1. The van der Waals surface area contributed by atoms with Crippen molar-refractivity contribution in [3.8, 4) is 0 Å². The molecule has 2 aromatic rings. The van der Waals surface area contributed by atoms with E-state index in [-0.39, 0.29) is 18.1 Å². The number of morpholine rings is 1. The van der Waals surface area contributed by atoms with Crippen molar-refractivity contribution in [1.29, 1.82) is 0 Å². The molecule has 2 aromatic heterocycles. The van der Waals surface area contributed by atoms with E-state index in [1.807, 2.05) is 12.1 Å². The van der Waals surface area contributed by atoms with Crippen LogP contribution in [0.15, 0.2) is 41.1 Å². The van der Waals surface area contributed by atoms with E-state index in [0.717, 1.165) is 24.5 Å². The van der Waals surface area contributed by atoms with E-state index < -0.39 is 0 Å². The molecule has 0 aliphatic carbocycles. The molecule has 1 N–H and O–H groups in total. The molecule has 0 saturated carbocycles. The molecule has 0 unspecified atom stereocenters. The van der Waals surface area contributed by atoms with Crippen LogP contribution in [-0.4, -0.2) is 36.2 Å². The molecule has 1 saturated heterocycles. The van der Waals surface area contributed by atoms with Crippen molar-refractivity contribution in [2.24, 2.45) is 0 Å². The maximum atomic E-state index is 11.8. The van der Waals surface area contributed by atoms with Gasteiger partial charge in [-0.3, -0.25) is 4.79 Å². The summed E-state index contributed by atoms with van der Waals surface area (Å²) < 4.78 is 10.8. The number of ether oxygens (including phenoxy) is 1. The van der Waals surface area contributed by atoms with Crippen LogP contribution in [0.4, 0.5) is 5.82 Å². The van der Waals surface area contributed by atoms with E-state index in [4.69, 9.17) is 9.15 Å². The number of anilines is 1. The molecular formula is C17H21N3O3. The summed E-state index contributed by atoms with van der Waals surface area (Å²) >= 11 is 0. The van der Waals surface area contributed by atoms with Crippen molar-refractivity contribution in [2.75, 3.05) is 18.0 Å². The standard InChI is InChI=1S/C17H21N3O3/c1-12-10-20(11-13(2)23-12)16-6-5-14(8-18-16)9-19-17(21)15-4-3-7-22-15/h3-8,12-13H,9-11H2,1-2H3,(H,19,21)/t12-,13-/m1/s1. The van der Waals surface area contributed by atoms with E-state index >= 15 is 0 Å². The summed E-state index contributed by atoms with van der Waals surface area (Å²) in [5, 5.41) is 2.81. The van der Waals surface area contributed by atoms with Crippen molar-refractivity contribution in [1.82, 2.24) is 10.3 Å². The lowest BCUT2D eigenvalue weighted by atomic mass is 10.2. The number of aromatic nitrogens is 1. The van der Waals surface area contributed by atoms with Gasteiger partial charge in [0, 0.05) is 25.8 Å². The Morgan fingerprint density at radius 2 is 2.09 bits per heavy atom. The monoisotopic (exact) mass is 315 g/mol. The smallest absolute Gasteiger partial charge is 0.287 e. The first-order valence-electron chi connectivity index (χ1n) is 7.79. The second-order valence-corrected chi connectivity index (χ2v) is 5.85. The SMILES string of the molecule is C[C@@H]1CN(c2ccc(CNC(=O)c3ccco3)cn2)C[C@@H](C)O1. The van der Waals surface area contributed by atoms with E-state index in [1.165, 1.54) is 6.26 Å². The Balaban J connectivity index is 1.58. The van der Waals surface area contributed by atoms with Gasteiger partial charge in [-0.25, -0.2) is 4.98 Å². The van der Waals surface area contributed by atoms with Crippen LogP contribution in [-0.2, 0) is 11.3 Å². The summed E-state index contributed by atoms with van der Waals surface area (Å²) in [5.74, 6) is 1.02. The quantitative estimate of drug-likeness (QED) is 0.937. The minimum atomic E-state index is -0.227. The molecule has 3 rings (SSSR count). The fraction of sp³-hybridized carbons (Fsp3) is 0.412. The zero-order valence-corrected chi connectivity index (χ0v) is 13.4. The maximum Gasteiger partial charge on any atom is 0.287 e. The van der Waals surface area contributed by atoms with Gasteiger partial charge in [0.25, 0.3) is 5.91 Å². The van der Waals surface area contributed by atoms with Crippen LogP contribution in [0.1, 0.15) is 30.0 Å². The fourth-order valence-corrected chi connectivity index (χ4v) is 2.75. The van der Waals surface area contributed by atoms with Crippen LogP contribution in [0, 0.1) is 0 Å². The lowest BCUT2D eigenvalue weighted by molar-refractivity contribution is -0.00546. The highest BCUT2D eigenvalue weighted by Crippen LogP contribution is 2.18. The maximum absolute atomic E-state index is 11.8. The van der Waals surface area contributed by atoms with Gasteiger partial charge < -0.3 is 19.4 Å². The van der Waals surface area contributed by atoms with E-state index in [2.05, 4.69) is 29.0 Å². The Morgan fingerprint density at radius 3 is 2.70 bits per heavy atom. The average molecular weight is 315 g/mol. The third kappa shape index (κ3) is 3.90. The summed E-state index contributed by atoms with van der Waals surface area (Å²) in [6, 6.07) is 7.29. The normalized spacial score (nSPS) is 21.2. The summed E-state index contributed by atoms with van der Waals surface area (Å²) in [6.45, 7) is 6.24. The first-order chi connectivity index (χ1) is 11.1. The van der Waals surface area contributed by atoms with Gasteiger partial charge in [-0.1, -0.05) is 6.07 Å². The number of amides is 1. The fourth-order valence-electron chi connectivity index (χ4n) is 2.75. The number of hydrogen-bond donors (Lipinski definition) is 1. The lowest BCUT2D eigenvalue weighted by Crippen LogP contribution is -2.45. The van der Waals surface area contributed by atoms with Gasteiger partial charge in [0.1, 0.15) is 5.82 Å². The average Bonchev–Trinajstić information content (AvgIpc) is 3.07. The molecule has 2 atom stereocenters. The number of furan rings is 1. The topological polar surface area (TPSA) is 67.6 Å². The van der Waals surface area contributed by atoms with E-state index in [0.29, 0.717) is 12.3 Å². The van der Waals surface area contributed by atoms with Gasteiger partial charge in [-0.05, 0) is 37.6 Å². The number of carbonyl (C=O) groups excluding carboxylic acids is 1.